The third-order valence-corrected chi connectivity index (χ3v) is 4.14. The lowest BCUT2D eigenvalue weighted by Gasteiger charge is -2.06. The second-order valence-corrected chi connectivity index (χ2v) is 5.92. The number of hydrogen-bond donors (Lipinski definition) is 2. The molecule has 0 aliphatic carbocycles. The molecule has 3 rings (SSSR count). The lowest BCUT2D eigenvalue weighted by molar-refractivity contribution is 0.373. The van der Waals surface area contributed by atoms with Gasteiger partial charge in [0.05, 0.1) is 32.7 Å². The van der Waals surface area contributed by atoms with Gasteiger partial charge < -0.3 is 19.3 Å². The molecule has 6 nitrogen and oxygen atoms in total. The van der Waals surface area contributed by atoms with E-state index in [4.69, 9.17) is 14.2 Å². The summed E-state index contributed by atoms with van der Waals surface area (Å²) in [5.74, 6) is 2.03. The fourth-order valence-electron chi connectivity index (χ4n) is 2.71. The number of rotatable bonds is 7. The molecule has 1 aromatic heterocycles. The molecule has 0 saturated carbocycles. The molecule has 0 radical (unpaired) electrons. The Labute approximate surface area is 158 Å². The van der Waals surface area contributed by atoms with Crippen LogP contribution in [0.5, 0.6) is 23.0 Å². The summed E-state index contributed by atoms with van der Waals surface area (Å²) in [6.45, 7) is 0. The van der Waals surface area contributed by atoms with Crippen LogP contribution in [0.1, 0.15) is 11.3 Å². The first-order valence-corrected chi connectivity index (χ1v) is 8.44. The van der Waals surface area contributed by atoms with E-state index in [1.54, 1.807) is 26.4 Å². The summed E-state index contributed by atoms with van der Waals surface area (Å²) in [5.41, 5.74) is 3.57. The van der Waals surface area contributed by atoms with E-state index < -0.39 is 0 Å². The van der Waals surface area contributed by atoms with Gasteiger partial charge in [0.1, 0.15) is 11.5 Å². The van der Waals surface area contributed by atoms with E-state index in [1.807, 2.05) is 42.5 Å². The van der Waals surface area contributed by atoms with Crippen molar-refractivity contribution in [3.63, 3.8) is 0 Å². The van der Waals surface area contributed by atoms with Gasteiger partial charge in [0.2, 0.25) is 0 Å². The maximum Gasteiger partial charge on any atom is 0.160 e. The second-order valence-electron chi connectivity index (χ2n) is 5.92. The molecule has 140 valence electrons. The van der Waals surface area contributed by atoms with Crippen LogP contribution in [0, 0.1) is 0 Å². The zero-order valence-corrected chi connectivity index (χ0v) is 15.5. The van der Waals surface area contributed by atoms with Crippen LogP contribution in [-0.4, -0.2) is 36.6 Å². The van der Waals surface area contributed by atoms with E-state index in [0.717, 1.165) is 22.5 Å². The van der Waals surface area contributed by atoms with Crippen molar-refractivity contribution in [2.45, 2.75) is 6.42 Å². The van der Waals surface area contributed by atoms with Crippen LogP contribution >= 0.6 is 0 Å². The fraction of sp³-hybridized carbons (Fsp3) is 0.190. The van der Waals surface area contributed by atoms with Gasteiger partial charge in [0, 0.05) is 11.6 Å². The van der Waals surface area contributed by atoms with Crippen molar-refractivity contribution in [3.8, 4) is 34.3 Å². The maximum absolute atomic E-state index is 9.84. The van der Waals surface area contributed by atoms with Gasteiger partial charge >= 0.3 is 0 Å². The number of hydrogen-bond acceptors (Lipinski definition) is 5. The summed E-state index contributed by atoms with van der Waals surface area (Å²) in [7, 11) is 4.77. The van der Waals surface area contributed by atoms with E-state index in [-0.39, 0.29) is 5.75 Å². The smallest absolute Gasteiger partial charge is 0.160 e. The van der Waals surface area contributed by atoms with E-state index >= 15 is 0 Å². The van der Waals surface area contributed by atoms with Crippen molar-refractivity contribution >= 4 is 6.08 Å². The molecule has 27 heavy (non-hydrogen) atoms. The highest BCUT2D eigenvalue weighted by molar-refractivity contribution is 5.66. The average Bonchev–Trinajstić information content (AvgIpc) is 3.16. The molecule has 0 fully saturated rings. The molecule has 0 aliphatic rings. The predicted molar refractivity (Wildman–Crippen MR) is 105 cm³/mol. The molecular weight excluding hydrogens is 344 g/mol. The molecular formula is C21H22N2O4. The molecule has 0 aliphatic heterocycles. The maximum atomic E-state index is 9.84. The molecule has 6 heteroatoms. The van der Waals surface area contributed by atoms with Crippen LogP contribution in [0.15, 0.2) is 48.5 Å². The Bertz CT molecular complexity index is 925. The molecule has 0 amide bonds. The van der Waals surface area contributed by atoms with Gasteiger partial charge in [-0.25, -0.2) is 0 Å². The number of methoxy groups -OCH3 is 3. The minimum absolute atomic E-state index is 0.138. The number of allylic oxidation sites excluding steroid dienone is 1. The lowest BCUT2D eigenvalue weighted by atomic mass is 10.1. The molecule has 2 N–H and O–H groups in total. The number of phenolic OH excluding ortho intramolecular Hbond substituents is 1. The van der Waals surface area contributed by atoms with Crippen molar-refractivity contribution in [1.29, 1.82) is 0 Å². The molecule has 0 unspecified atom stereocenters. The molecule has 0 bridgehead atoms. The Morgan fingerprint density at radius 2 is 1.70 bits per heavy atom. The molecule has 3 aromatic rings. The lowest BCUT2D eigenvalue weighted by Crippen LogP contribution is -1.88. The van der Waals surface area contributed by atoms with Gasteiger partial charge in [0.15, 0.2) is 11.5 Å². The Morgan fingerprint density at radius 3 is 2.33 bits per heavy atom. The van der Waals surface area contributed by atoms with E-state index in [2.05, 4.69) is 10.2 Å². The number of nitrogens with zero attached hydrogens (tertiary/aromatic N) is 1. The molecule has 0 atom stereocenters. The molecule has 0 spiro atoms. The van der Waals surface area contributed by atoms with Crippen LogP contribution in [0.2, 0.25) is 0 Å². The third kappa shape index (κ3) is 4.41. The number of H-pyrrole nitrogens is 1. The van der Waals surface area contributed by atoms with Crippen LogP contribution in [-0.2, 0) is 6.42 Å². The van der Waals surface area contributed by atoms with Crippen molar-refractivity contribution in [3.05, 3.63) is 59.8 Å². The quantitative estimate of drug-likeness (QED) is 0.659. The topological polar surface area (TPSA) is 76.6 Å². The SMILES string of the molecule is COc1cc(OC)cc(-c2cc(C=CCc3ccc(OC)c(O)c3)[nH]n2)c1. The summed E-state index contributed by atoms with van der Waals surface area (Å²) < 4.78 is 15.7. The Morgan fingerprint density at radius 1 is 0.963 bits per heavy atom. The van der Waals surface area contributed by atoms with Gasteiger partial charge in [-0.2, -0.15) is 5.10 Å². The first-order valence-electron chi connectivity index (χ1n) is 8.44. The van der Waals surface area contributed by atoms with E-state index in [1.165, 1.54) is 7.11 Å². The summed E-state index contributed by atoms with van der Waals surface area (Å²) in [6.07, 6.45) is 4.64. The zero-order valence-electron chi connectivity index (χ0n) is 15.5. The van der Waals surface area contributed by atoms with Gasteiger partial charge in [-0.05, 0) is 48.4 Å². The predicted octanol–water partition coefficient (Wildman–Crippen LogP) is 4.06. The van der Waals surface area contributed by atoms with E-state index in [9.17, 15) is 5.11 Å². The van der Waals surface area contributed by atoms with Crippen LogP contribution in [0.4, 0.5) is 0 Å². The van der Waals surface area contributed by atoms with Crippen LogP contribution in [0.25, 0.3) is 17.3 Å². The highest BCUT2D eigenvalue weighted by Gasteiger charge is 2.07. The standard InChI is InChI=1S/C21H22N2O4/c1-25-17-10-15(11-18(13-17)26-2)19-12-16(22-23-19)6-4-5-14-7-8-21(27-3)20(24)9-14/h4,6-13,24H,5H2,1-3H3,(H,22,23). The van der Waals surface area contributed by atoms with Crippen molar-refractivity contribution < 1.29 is 19.3 Å². The number of aromatic amines is 1. The van der Waals surface area contributed by atoms with Crippen LogP contribution < -0.4 is 14.2 Å². The number of aromatic nitrogens is 2. The van der Waals surface area contributed by atoms with Crippen molar-refractivity contribution in [1.82, 2.24) is 10.2 Å². The van der Waals surface area contributed by atoms with E-state index in [0.29, 0.717) is 23.7 Å². The van der Waals surface area contributed by atoms with Crippen LogP contribution in [0.3, 0.4) is 0 Å². The first kappa shape index (κ1) is 18.4. The summed E-state index contributed by atoms with van der Waals surface area (Å²) in [6, 6.07) is 13.0. The van der Waals surface area contributed by atoms with Gasteiger partial charge in [-0.1, -0.05) is 12.1 Å². The van der Waals surface area contributed by atoms with Crippen molar-refractivity contribution in [2.24, 2.45) is 0 Å². The number of aromatic hydroxyl groups is 1. The summed E-state index contributed by atoms with van der Waals surface area (Å²) >= 11 is 0. The first-order chi connectivity index (χ1) is 13.1. The monoisotopic (exact) mass is 366 g/mol. The minimum atomic E-state index is 0.138. The third-order valence-electron chi connectivity index (χ3n) is 4.14. The number of nitrogens with one attached hydrogen (secondary N) is 1. The Hall–Kier alpha value is -3.41. The zero-order chi connectivity index (χ0) is 19.2. The summed E-state index contributed by atoms with van der Waals surface area (Å²) in [4.78, 5) is 0. The fourth-order valence-corrected chi connectivity index (χ4v) is 2.71. The van der Waals surface area contributed by atoms with Gasteiger partial charge in [0.25, 0.3) is 0 Å². The number of phenols is 1. The summed E-state index contributed by atoms with van der Waals surface area (Å²) in [5, 5.41) is 17.2. The second kappa shape index (κ2) is 8.31. The molecule has 1 heterocycles. The Kier molecular flexibility index (Phi) is 5.66. The van der Waals surface area contributed by atoms with Gasteiger partial charge in [-0.3, -0.25) is 5.10 Å². The Balaban J connectivity index is 1.72. The highest BCUT2D eigenvalue weighted by Crippen LogP contribution is 2.29. The van der Waals surface area contributed by atoms with Crippen molar-refractivity contribution in [2.75, 3.05) is 21.3 Å². The minimum Gasteiger partial charge on any atom is -0.504 e. The number of ether oxygens (including phenoxy) is 3. The molecule has 2 aromatic carbocycles. The van der Waals surface area contributed by atoms with Gasteiger partial charge in [-0.15, -0.1) is 0 Å². The molecule has 0 saturated heterocycles. The highest BCUT2D eigenvalue weighted by atomic mass is 16.5. The largest absolute Gasteiger partial charge is 0.504 e. The normalized spacial score (nSPS) is 10.9. The number of benzene rings is 2. The average molecular weight is 366 g/mol.